The molecule has 0 amide bonds. The number of fused-ring (bicyclic) bond motifs is 1. The molecule has 0 bridgehead atoms. The Kier molecular flexibility index (Phi) is 3.86. The van der Waals surface area contributed by atoms with Crippen molar-refractivity contribution in [1.82, 2.24) is 25.0 Å². The van der Waals surface area contributed by atoms with Gasteiger partial charge >= 0.3 is 0 Å². The zero-order valence-electron chi connectivity index (χ0n) is 13.6. The number of benzene rings is 1. The van der Waals surface area contributed by atoms with Crippen LogP contribution in [0.4, 0.5) is 5.82 Å². The fourth-order valence-corrected chi connectivity index (χ4v) is 3.34. The zero-order chi connectivity index (χ0) is 16.5. The van der Waals surface area contributed by atoms with Gasteiger partial charge in [-0.1, -0.05) is 16.8 Å². The molecule has 24 heavy (non-hydrogen) atoms. The summed E-state index contributed by atoms with van der Waals surface area (Å²) in [5.74, 6) is 0.982. The predicted molar refractivity (Wildman–Crippen MR) is 90.7 cm³/mol. The molecule has 3 heterocycles. The average molecular weight is 324 g/mol. The van der Waals surface area contributed by atoms with E-state index in [2.05, 4.69) is 44.2 Å². The van der Waals surface area contributed by atoms with Gasteiger partial charge in [0.25, 0.3) is 0 Å². The Hall–Kier alpha value is -2.54. The van der Waals surface area contributed by atoms with Crippen molar-refractivity contribution in [3.05, 3.63) is 42.0 Å². The van der Waals surface area contributed by atoms with Crippen molar-refractivity contribution in [2.24, 2.45) is 0 Å². The summed E-state index contributed by atoms with van der Waals surface area (Å²) >= 11 is 0. The molecule has 4 rings (SSSR count). The second-order valence-corrected chi connectivity index (χ2v) is 6.31. The van der Waals surface area contributed by atoms with Gasteiger partial charge < -0.3 is 10.0 Å². The van der Waals surface area contributed by atoms with Gasteiger partial charge in [-0.2, -0.15) is 0 Å². The lowest BCUT2D eigenvalue weighted by Crippen LogP contribution is -2.37. The summed E-state index contributed by atoms with van der Waals surface area (Å²) in [5, 5.41) is 18.4. The van der Waals surface area contributed by atoms with Gasteiger partial charge in [0, 0.05) is 18.5 Å². The van der Waals surface area contributed by atoms with Gasteiger partial charge in [-0.15, -0.1) is 5.10 Å². The van der Waals surface area contributed by atoms with Crippen LogP contribution in [0.1, 0.15) is 30.1 Å². The normalized spacial score (nSPS) is 18.2. The molecule has 1 aliphatic rings. The number of aliphatic hydroxyl groups is 1. The number of aromatic nitrogens is 5. The van der Waals surface area contributed by atoms with Crippen molar-refractivity contribution in [2.45, 2.75) is 32.4 Å². The first kappa shape index (κ1) is 15.0. The maximum absolute atomic E-state index is 9.18. The van der Waals surface area contributed by atoms with Crippen LogP contribution >= 0.6 is 0 Å². The number of nitrogens with zero attached hydrogens (tertiary/aromatic N) is 6. The van der Waals surface area contributed by atoms with Crippen LogP contribution in [0.5, 0.6) is 0 Å². The summed E-state index contributed by atoms with van der Waals surface area (Å²) in [6.45, 7) is 3.81. The molecule has 1 saturated heterocycles. The minimum atomic E-state index is -0.0771. The number of anilines is 1. The number of rotatable bonds is 3. The molecule has 1 fully saturated rings. The molecule has 2 aromatic heterocycles. The molecule has 0 spiro atoms. The van der Waals surface area contributed by atoms with Crippen molar-refractivity contribution in [3.8, 4) is 0 Å². The molecule has 0 radical (unpaired) electrons. The molecule has 124 valence electrons. The standard InChI is InChI=1S/C17H20N6O/c1-12-4-5-16-15(7-12)17(19-11-18-16)22-6-2-3-14(9-22)23-8-13(10-24)20-21-23/h4-5,7-8,11,14,24H,2-3,6,9-10H2,1H3. The highest BCUT2D eigenvalue weighted by Crippen LogP contribution is 2.29. The largest absolute Gasteiger partial charge is 0.390 e. The second kappa shape index (κ2) is 6.16. The summed E-state index contributed by atoms with van der Waals surface area (Å²) in [7, 11) is 0. The maximum Gasteiger partial charge on any atom is 0.139 e. The Bertz CT molecular complexity index is 861. The third-order valence-electron chi connectivity index (χ3n) is 4.56. The summed E-state index contributed by atoms with van der Waals surface area (Å²) in [6, 6.07) is 6.50. The first-order chi connectivity index (χ1) is 11.7. The molecule has 1 aromatic carbocycles. The summed E-state index contributed by atoms with van der Waals surface area (Å²) in [4.78, 5) is 11.2. The number of hydrogen-bond donors (Lipinski definition) is 1. The van der Waals surface area contributed by atoms with E-state index >= 15 is 0 Å². The van der Waals surface area contributed by atoms with E-state index in [1.165, 1.54) is 5.56 Å². The van der Waals surface area contributed by atoms with E-state index in [9.17, 15) is 5.11 Å². The highest BCUT2D eigenvalue weighted by molar-refractivity contribution is 5.89. The summed E-state index contributed by atoms with van der Waals surface area (Å²) in [5.41, 5.74) is 2.78. The highest BCUT2D eigenvalue weighted by Gasteiger charge is 2.24. The van der Waals surface area contributed by atoms with Gasteiger partial charge in [-0.05, 0) is 31.9 Å². The van der Waals surface area contributed by atoms with E-state index < -0.39 is 0 Å². The molecule has 0 aliphatic carbocycles. The Balaban J connectivity index is 1.65. The van der Waals surface area contributed by atoms with E-state index in [4.69, 9.17) is 0 Å². The lowest BCUT2D eigenvalue weighted by atomic mass is 10.0. The van der Waals surface area contributed by atoms with Crippen molar-refractivity contribution in [1.29, 1.82) is 0 Å². The molecule has 1 atom stereocenters. The fourth-order valence-electron chi connectivity index (χ4n) is 3.34. The zero-order valence-corrected chi connectivity index (χ0v) is 13.6. The average Bonchev–Trinajstić information content (AvgIpc) is 3.10. The first-order valence-electron chi connectivity index (χ1n) is 8.22. The van der Waals surface area contributed by atoms with Crippen molar-refractivity contribution in [3.63, 3.8) is 0 Å². The van der Waals surface area contributed by atoms with Gasteiger partial charge in [-0.25, -0.2) is 14.6 Å². The number of piperidine rings is 1. The Morgan fingerprint density at radius 2 is 2.21 bits per heavy atom. The van der Waals surface area contributed by atoms with Crippen LogP contribution in [0.15, 0.2) is 30.7 Å². The summed E-state index contributed by atoms with van der Waals surface area (Å²) in [6.07, 6.45) is 5.58. The van der Waals surface area contributed by atoms with Crippen LogP contribution < -0.4 is 4.90 Å². The monoisotopic (exact) mass is 324 g/mol. The summed E-state index contributed by atoms with van der Waals surface area (Å²) < 4.78 is 1.87. The van der Waals surface area contributed by atoms with E-state index in [1.807, 2.05) is 16.9 Å². The second-order valence-electron chi connectivity index (χ2n) is 6.31. The quantitative estimate of drug-likeness (QED) is 0.792. The lowest BCUT2D eigenvalue weighted by molar-refractivity contribution is 0.276. The molecule has 7 nitrogen and oxygen atoms in total. The van der Waals surface area contributed by atoms with Gasteiger partial charge in [0.05, 0.1) is 24.4 Å². The van der Waals surface area contributed by atoms with Crippen LogP contribution in [-0.4, -0.2) is 43.2 Å². The van der Waals surface area contributed by atoms with Gasteiger partial charge in [0.2, 0.25) is 0 Å². The van der Waals surface area contributed by atoms with E-state index in [0.29, 0.717) is 5.69 Å². The molecular formula is C17H20N6O. The van der Waals surface area contributed by atoms with Crippen molar-refractivity contribution >= 4 is 16.7 Å². The minimum absolute atomic E-state index is 0.0771. The Morgan fingerprint density at radius 1 is 1.29 bits per heavy atom. The van der Waals surface area contributed by atoms with Crippen LogP contribution in [0, 0.1) is 6.92 Å². The molecule has 1 unspecified atom stereocenters. The van der Waals surface area contributed by atoms with Crippen molar-refractivity contribution < 1.29 is 5.11 Å². The van der Waals surface area contributed by atoms with Crippen molar-refractivity contribution in [2.75, 3.05) is 18.0 Å². The van der Waals surface area contributed by atoms with E-state index in [1.54, 1.807) is 6.33 Å². The number of aryl methyl sites for hydroxylation is 1. The Morgan fingerprint density at radius 3 is 3.04 bits per heavy atom. The van der Waals surface area contributed by atoms with E-state index in [-0.39, 0.29) is 12.6 Å². The third kappa shape index (κ3) is 2.71. The maximum atomic E-state index is 9.18. The Labute approximate surface area is 140 Å². The molecule has 7 heteroatoms. The van der Waals surface area contributed by atoms with Crippen LogP contribution in [0.3, 0.4) is 0 Å². The fraction of sp³-hybridized carbons (Fsp3) is 0.412. The molecule has 1 N–H and O–H groups in total. The predicted octanol–water partition coefficient (Wildman–Crippen LogP) is 1.86. The van der Waals surface area contributed by atoms with Crippen LogP contribution in [-0.2, 0) is 6.61 Å². The number of aliphatic hydroxyl groups excluding tert-OH is 1. The van der Waals surface area contributed by atoms with Crippen LogP contribution in [0.2, 0.25) is 0 Å². The van der Waals surface area contributed by atoms with Crippen LogP contribution in [0.25, 0.3) is 10.9 Å². The topological polar surface area (TPSA) is 80.0 Å². The molecular weight excluding hydrogens is 304 g/mol. The third-order valence-corrected chi connectivity index (χ3v) is 4.56. The highest BCUT2D eigenvalue weighted by atomic mass is 16.3. The lowest BCUT2D eigenvalue weighted by Gasteiger charge is -2.33. The van der Waals surface area contributed by atoms with Gasteiger partial charge in [-0.3, -0.25) is 0 Å². The smallest absolute Gasteiger partial charge is 0.139 e. The number of hydrogen-bond acceptors (Lipinski definition) is 6. The van der Waals surface area contributed by atoms with Gasteiger partial charge in [0.1, 0.15) is 17.8 Å². The van der Waals surface area contributed by atoms with E-state index in [0.717, 1.165) is 42.7 Å². The van der Waals surface area contributed by atoms with Gasteiger partial charge in [0.15, 0.2) is 0 Å². The molecule has 3 aromatic rings. The first-order valence-corrected chi connectivity index (χ1v) is 8.22. The molecule has 0 saturated carbocycles. The molecule has 1 aliphatic heterocycles. The SMILES string of the molecule is Cc1ccc2ncnc(N3CCCC(n4cc(CO)nn4)C3)c2c1. The minimum Gasteiger partial charge on any atom is -0.390 e.